The van der Waals surface area contributed by atoms with Gasteiger partial charge in [-0.05, 0) is 48.4 Å². The minimum Gasteiger partial charge on any atom is -0.497 e. The molecule has 2 aromatic carbocycles. The number of carbonyl (C=O) groups is 1. The van der Waals surface area contributed by atoms with Gasteiger partial charge in [0.25, 0.3) is 5.91 Å². The Balaban J connectivity index is 1.90. The van der Waals surface area contributed by atoms with Crippen LogP contribution in [0.5, 0.6) is 5.75 Å². The van der Waals surface area contributed by atoms with Crippen molar-refractivity contribution in [3.05, 3.63) is 64.1 Å². The standard InChI is InChI=1S/C19H20BrNO4S/c1-25-18-4-2-3-14(11-18)12-21(17-9-10-26(23,24)13-17)19(22)15-5-7-16(20)8-6-15/h2-8,11,17H,9-10,12-13H2,1H3/t17-/m1/s1. The second-order valence-corrected chi connectivity index (χ2v) is 9.49. The summed E-state index contributed by atoms with van der Waals surface area (Å²) in [4.78, 5) is 14.8. The molecule has 1 amide bonds. The molecule has 1 heterocycles. The first-order chi connectivity index (χ1) is 12.4. The number of benzene rings is 2. The van der Waals surface area contributed by atoms with Crippen molar-refractivity contribution in [3.63, 3.8) is 0 Å². The Kier molecular flexibility index (Phi) is 5.67. The summed E-state index contributed by atoms with van der Waals surface area (Å²) in [6.45, 7) is 0.340. The van der Waals surface area contributed by atoms with Crippen LogP contribution in [0.3, 0.4) is 0 Å². The van der Waals surface area contributed by atoms with Gasteiger partial charge in [-0.25, -0.2) is 8.42 Å². The fourth-order valence-electron chi connectivity index (χ4n) is 3.11. The maximum atomic E-state index is 13.1. The third-order valence-electron chi connectivity index (χ3n) is 4.49. The van der Waals surface area contributed by atoms with Gasteiger partial charge in [0.1, 0.15) is 5.75 Å². The van der Waals surface area contributed by atoms with Crippen LogP contribution in [0.1, 0.15) is 22.3 Å². The summed E-state index contributed by atoms with van der Waals surface area (Å²) in [6, 6.07) is 14.3. The van der Waals surface area contributed by atoms with Gasteiger partial charge in [-0.15, -0.1) is 0 Å². The Morgan fingerprint density at radius 1 is 1.23 bits per heavy atom. The van der Waals surface area contributed by atoms with Crippen molar-refractivity contribution in [3.8, 4) is 5.75 Å². The van der Waals surface area contributed by atoms with E-state index in [1.807, 2.05) is 36.4 Å². The van der Waals surface area contributed by atoms with E-state index in [1.165, 1.54) is 0 Å². The quantitative estimate of drug-likeness (QED) is 0.719. The van der Waals surface area contributed by atoms with Crippen LogP contribution in [0.25, 0.3) is 0 Å². The van der Waals surface area contributed by atoms with Crippen molar-refractivity contribution >= 4 is 31.7 Å². The molecule has 0 saturated carbocycles. The molecule has 0 unspecified atom stereocenters. The number of rotatable bonds is 5. The number of hydrogen-bond acceptors (Lipinski definition) is 4. The fraction of sp³-hybridized carbons (Fsp3) is 0.316. The third-order valence-corrected chi connectivity index (χ3v) is 6.77. The van der Waals surface area contributed by atoms with E-state index in [1.54, 1.807) is 24.1 Å². The summed E-state index contributed by atoms with van der Waals surface area (Å²) < 4.78 is 30.0. The first kappa shape index (κ1) is 18.9. The summed E-state index contributed by atoms with van der Waals surface area (Å²) in [6.07, 6.45) is 0.467. The molecule has 138 valence electrons. The Bertz CT molecular complexity index is 896. The van der Waals surface area contributed by atoms with Gasteiger partial charge < -0.3 is 9.64 Å². The van der Waals surface area contributed by atoms with Crippen LogP contribution >= 0.6 is 15.9 Å². The SMILES string of the molecule is COc1cccc(CN(C(=O)c2ccc(Br)cc2)[C@@H]2CCS(=O)(=O)C2)c1. The average molecular weight is 438 g/mol. The predicted molar refractivity (Wildman–Crippen MR) is 104 cm³/mol. The minimum absolute atomic E-state index is 0.0131. The number of halogens is 1. The molecule has 7 heteroatoms. The summed E-state index contributed by atoms with van der Waals surface area (Å²) >= 11 is 3.36. The second kappa shape index (κ2) is 7.80. The molecule has 1 saturated heterocycles. The molecular formula is C19H20BrNO4S. The molecule has 1 atom stereocenters. The first-order valence-corrected chi connectivity index (χ1v) is 10.9. The van der Waals surface area contributed by atoms with Crippen LogP contribution in [-0.2, 0) is 16.4 Å². The first-order valence-electron chi connectivity index (χ1n) is 8.28. The van der Waals surface area contributed by atoms with Gasteiger partial charge in [0.05, 0.1) is 18.6 Å². The monoisotopic (exact) mass is 437 g/mol. The van der Waals surface area contributed by atoms with Gasteiger partial charge in [-0.2, -0.15) is 0 Å². The average Bonchev–Trinajstić information content (AvgIpc) is 2.99. The molecule has 2 aromatic rings. The van der Waals surface area contributed by atoms with E-state index >= 15 is 0 Å². The molecule has 1 aliphatic rings. The minimum atomic E-state index is -3.09. The lowest BCUT2D eigenvalue weighted by molar-refractivity contribution is 0.0680. The van der Waals surface area contributed by atoms with Crippen molar-refractivity contribution in [1.29, 1.82) is 0 Å². The van der Waals surface area contributed by atoms with E-state index in [4.69, 9.17) is 4.74 Å². The lowest BCUT2D eigenvalue weighted by Gasteiger charge is -2.28. The van der Waals surface area contributed by atoms with Crippen molar-refractivity contribution in [2.45, 2.75) is 19.0 Å². The van der Waals surface area contributed by atoms with Crippen LogP contribution in [-0.4, -0.2) is 43.9 Å². The van der Waals surface area contributed by atoms with Crippen LogP contribution in [0.4, 0.5) is 0 Å². The number of methoxy groups -OCH3 is 1. The predicted octanol–water partition coefficient (Wildman–Crippen LogP) is 3.29. The smallest absolute Gasteiger partial charge is 0.254 e. The normalized spacial score (nSPS) is 18.5. The summed E-state index contributed by atoms with van der Waals surface area (Å²) in [5, 5.41) is 0. The third kappa shape index (κ3) is 4.45. The molecule has 0 aliphatic carbocycles. The molecule has 0 N–H and O–H groups in total. The number of amides is 1. The Labute approximate surface area is 162 Å². The highest BCUT2D eigenvalue weighted by atomic mass is 79.9. The van der Waals surface area contributed by atoms with E-state index in [0.29, 0.717) is 24.3 Å². The van der Waals surface area contributed by atoms with Gasteiger partial charge in [0.15, 0.2) is 9.84 Å². The number of nitrogens with zero attached hydrogens (tertiary/aromatic N) is 1. The molecule has 0 bridgehead atoms. The molecule has 0 aromatic heterocycles. The Hall–Kier alpha value is -1.86. The molecule has 3 rings (SSSR count). The van der Waals surface area contributed by atoms with Crippen molar-refractivity contribution in [2.24, 2.45) is 0 Å². The highest BCUT2D eigenvalue weighted by Gasteiger charge is 2.35. The molecule has 0 radical (unpaired) electrons. The van der Waals surface area contributed by atoms with Gasteiger partial charge in [-0.3, -0.25) is 4.79 Å². The Morgan fingerprint density at radius 3 is 2.58 bits per heavy atom. The number of hydrogen-bond donors (Lipinski definition) is 0. The molecule has 1 aliphatic heterocycles. The van der Waals surface area contributed by atoms with Crippen LogP contribution in [0.15, 0.2) is 53.0 Å². The van der Waals surface area contributed by atoms with Crippen molar-refractivity contribution < 1.29 is 17.9 Å². The van der Waals surface area contributed by atoms with Crippen LogP contribution < -0.4 is 4.74 Å². The molecule has 26 heavy (non-hydrogen) atoms. The van der Waals surface area contributed by atoms with E-state index in [0.717, 1.165) is 10.0 Å². The largest absolute Gasteiger partial charge is 0.497 e. The van der Waals surface area contributed by atoms with Gasteiger partial charge >= 0.3 is 0 Å². The molecular weight excluding hydrogens is 418 g/mol. The van der Waals surface area contributed by atoms with Gasteiger partial charge in [0, 0.05) is 22.6 Å². The lowest BCUT2D eigenvalue weighted by atomic mass is 10.1. The second-order valence-electron chi connectivity index (χ2n) is 6.35. The van der Waals surface area contributed by atoms with E-state index in [-0.39, 0.29) is 23.5 Å². The highest BCUT2D eigenvalue weighted by molar-refractivity contribution is 9.10. The van der Waals surface area contributed by atoms with E-state index in [9.17, 15) is 13.2 Å². The topological polar surface area (TPSA) is 63.7 Å². The molecule has 0 spiro atoms. The Morgan fingerprint density at radius 2 is 1.96 bits per heavy atom. The zero-order valence-electron chi connectivity index (χ0n) is 14.4. The number of sulfone groups is 1. The van der Waals surface area contributed by atoms with Gasteiger partial charge in [-0.1, -0.05) is 28.1 Å². The summed E-state index contributed by atoms with van der Waals surface area (Å²) in [5.74, 6) is 0.680. The van der Waals surface area contributed by atoms with Crippen molar-refractivity contribution in [1.82, 2.24) is 4.90 Å². The summed E-state index contributed by atoms with van der Waals surface area (Å²) in [7, 11) is -1.50. The molecule has 1 fully saturated rings. The van der Waals surface area contributed by atoms with Crippen LogP contribution in [0, 0.1) is 0 Å². The maximum absolute atomic E-state index is 13.1. The number of carbonyl (C=O) groups excluding carboxylic acids is 1. The zero-order valence-corrected chi connectivity index (χ0v) is 16.8. The van der Waals surface area contributed by atoms with E-state index < -0.39 is 9.84 Å². The zero-order chi connectivity index (χ0) is 18.7. The summed E-state index contributed by atoms with van der Waals surface area (Å²) in [5.41, 5.74) is 1.44. The lowest BCUT2D eigenvalue weighted by Crippen LogP contribution is -2.40. The van der Waals surface area contributed by atoms with Crippen LogP contribution in [0.2, 0.25) is 0 Å². The molecule has 5 nitrogen and oxygen atoms in total. The van der Waals surface area contributed by atoms with Gasteiger partial charge in [0.2, 0.25) is 0 Å². The highest BCUT2D eigenvalue weighted by Crippen LogP contribution is 2.24. The number of ether oxygens (including phenoxy) is 1. The maximum Gasteiger partial charge on any atom is 0.254 e. The fourth-order valence-corrected chi connectivity index (χ4v) is 5.11. The van der Waals surface area contributed by atoms with Crippen molar-refractivity contribution in [2.75, 3.05) is 18.6 Å². The van der Waals surface area contributed by atoms with E-state index in [2.05, 4.69) is 15.9 Å².